The molecular formula is C31H41F2N3O2. The standard InChI is InChI=1S/C14H24N2O.C13H9F2NO.C2H6.C2H2/c1-10-6-12(8-13(7-10)17-5)11(2)14(16-4)9-15-3;1-8-3-2-4-10(14)12(8)13-11(15)6-5-9(7-17)16-13;2*1-2/h8-10,13,16H,6-7H2,1-5H3;2-7H,1H3;1-2H3;1-2H/b14-11-,15-9?;;;. The molecule has 1 heterocycles. The van der Waals surface area contributed by atoms with Crippen molar-refractivity contribution in [2.75, 3.05) is 21.2 Å². The number of allylic oxidation sites excluding steroid dienone is 3. The van der Waals surface area contributed by atoms with Crippen molar-refractivity contribution >= 4 is 12.5 Å². The highest BCUT2D eigenvalue weighted by Gasteiger charge is 2.20. The maximum Gasteiger partial charge on any atom is 0.168 e. The maximum atomic E-state index is 13.7. The van der Waals surface area contributed by atoms with E-state index in [0.717, 1.165) is 24.6 Å². The highest BCUT2D eigenvalue weighted by Crippen LogP contribution is 2.30. The van der Waals surface area contributed by atoms with Crippen molar-refractivity contribution in [1.82, 2.24) is 10.3 Å². The van der Waals surface area contributed by atoms with Gasteiger partial charge < -0.3 is 10.1 Å². The van der Waals surface area contributed by atoms with Crippen LogP contribution >= 0.6 is 0 Å². The van der Waals surface area contributed by atoms with Crippen molar-refractivity contribution in [3.8, 4) is 24.1 Å². The lowest BCUT2D eigenvalue weighted by atomic mass is 9.85. The molecule has 7 heteroatoms. The summed E-state index contributed by atoms with van der Waals surface area (Å²) in [6, 6.07) is 6.79. The van der Waals surface area contributed by atoms with Gasteiger partial charge >= 0.3 is 0 Å². The van der Waals surface area contributed by atoms with Crippen LogP contribution < -0.4 is 5.32 Å². The molecule has 0 amide bonds. The minimum Gasteiger partial charge on any atom is -0.387 e. The Morgan fingerprint density at radius 2 is 1.84 bits per heavy atom. The van der Waals surface area contributed by atoms with Crippen LogP contribution in [0, 0.1) is 37.3 Å². The average molecular weight is 526 g/mol. The Kier molecular flexibility index (Phi) is 16.8. The zero-order valence-electron chi connectivity index (χ0n) is 23.8. The number of hydrogen-bond acceptors (Lipinski definition) is 5. The Hall–Kier alpha value is -3.63. The second-order valence-corrected chi connectivity index (χ2v) is 8.30. The number of methoxy groups -OCH3 is 1. The van der Waals surface area contributed by atoms with Gasteiger partial charge in [-0.2, -0.15) is 0 Å². The fourth-order valence-electron chi connectivity index (χ4n) is 3.94. The number of rotatable bonds is 6. The molecule has 1 aliphatic rings. The zero-order valence-corrected chi connectivity index (χ0v) is 23.8. The monoisotopic (exact) mass is 525 g/mol. The lowest BCUT2D eigenvalue weighted by molar-refractivity contribution is 0.111. The molecule has 1 aliphatic carbocycles. The molecule has 2 atom stereocenters. The van der Waals surface area contributed by atoms with Crippen LogP contribution in [0.15, 0.2) is 58.2 Å². The van der Waals surface area contributed by atoms with E-state index in [1.54, 1.807) is 27.1 Å². The molecule has 5 nitrogen and oxygen atoms in total. The molecule has 3 rings (SSSR count). The van der Waals surface area contributed by atoms with Gasteiger partial charge in [0, 0.05) is 33.0 Å². The van der Waals surface area contributed by atoms with E-state index >= 15 is 0 Å². The Bertz CT molecular complexity index is 1120. The Morgan fingerprint density at radius 3 is 2.37 bits per heavy atom. The van der Waals surface area contributed by atoms with Crippen LogP contribution in [0.5, 0.6) is 0 Å². The van der Waals surface area contributed by atoms with E-state index in [1.165, 1.54) is 29.3 Å². The first-order chi connectivity index (χ1) is 18.2. The third-order valence-corrected chi connectivity index (χ3v) is 5.75. The normalized spacial score (nSPS) is 16.8. The smallest absolute Gasteiger partial charge is 0.168 e. The average Bonchev–Trinajstić information content (AvgIpc) is 2.94. The minimum absolute atomic E-state index is 0.0732. The van der Waals surface area contributed by atoms with E-state index in [4.69, 9.17) is 4.74 Å². The first-order valence-electron chi connectivity index (χ1n) is 12.5. The van der Waals surface area contributed by atoms with E-state index in [0.29, 0.717) is 17.8 Å². The number of hydrogen-bond donors (Lipinski definition) is 1. The topological polar surface area (TPSA) is 63.6 Å². The van der Waals surface area contributed by atoms with Crippen LogP contribution in [0.25, 0.3) is 11.3 Å². The number of aryl methyl sites for hydroxylation is 1. The highest BCUT2D eigenvalue weighted by molar-refractivity contribution is 5.80. The molecule has 1 N–H and O–H groups in total. The molecule has 38 heavy (non-hydrogen) atoms. The van der Waals surface area contributed by atoms with Crippen LogP contribution in [-0.2, 0) is 4.74 Å². The van der Waals surface area contributed by atoms with Crippen molar-refractivity contribution in [2.24, 2.45) is 10.9 Å². The highest BCUT2D eigenvalue weighted by atomic mass is 19.1. The van der Waals surface area contributed by atoms with Crippen LogP contribution in [0.3, 0.4) is 0 Å². The Morgan fingerprint density at radius 1 is 1.18 bits per heavy atom. The molecule has 0 saturated carbocycles. The van der Waals surface area contributed by atoms with Gasteiger partial charge in [0.25, 0.3) is 0 Å². The molecule has 0 radical (unpaired) electrons. The molecule has 206 valence electrons. The molecule has 0 fully saturated rings. The Balaban J connectivity index is 0.000000637. The van der Waals surface area contributed by atoms with Gasteiger partial charge in [0.05, 0.1) is 11.8 Å². The van der Waals surface area contributed by atoms with Gasteiger partial charge in [-0.15, -0.1) is 12.8 Å². The quantitative estimate of drug-likeness (QED) is 0.251. The summed E-state index contributed by atoms with van der Waals surface area (Å²) >= 11 is 0. The summed E-state index contributed by atoms with van der Waals surface area (Å²) in [5.74, 6) is -0.533. The predicted octanol–water partition coefficient (Wildman–Crippen LogP) is 6.98. The van der Waals surface area contributed by atoms with Gasteiger partial charge in [0.15, 0.2) is 6.29 Å². The lowest BCUT2D eigenvalue weighted by Crippen LogP contribution is -2.20. The second-order valence-electron chi connectivity index (χ2n) is 8.30. The van der Waals surface area contributed by atoms with Gasteiger partial charge in [-0.3, -0.25) is 9.79 Å². The van der Waals surface area contributed by atoms with Crippen molar-refractivity contribution in [3.05, 3.63) is 76.1 Å². The van der Waals surface area contributed by atoms with Crippen LogP contribution in [0.2, 0.25) is 0 Å². The van der Waals surface area contributed by atoms with Crippen LogP contribution in [0.4, 0.5) is 8.78 Å². The predicted molar refractivity (Wildman–Crippen MR) is 154 cm³/mol. The fourth-order valence-corrected chi connectivity index (χ4v) is 3.94. The summed E-state index contributed by atoms with van der Waals surface area (Å²) in [6.07, 6.45) is 15.1. The number of nitrogens with one attached hydrogen (secondary N) is 1. The number of carbonyl (C=O) groups is 1. The van der Waals surface area contributed by atoms with Crippen molar-refractivity contribution < 1.29 is 18.3 Å². The zero-order chi connectivity index (χ0) is 29.3. The maximum absolute atomic E-state index is 13.7. The molecule has 1 aromatic carbocycles. The van der Waals surface area contributed by atoms with Crippen LogP contribution in [0.1, 0.15) is 56.6 Å². The number of halogens is 2. The molecule has 1 aromatic heterocycles. The van der Waals surface area contributed by atoms with E-state index in [2.05, 4.69) is 48.1 Å². The van der Waals surface area contributed by atoms with E-state index < -0.39 is 11.6 Å². The van der Waals surface area contributed by atoms with Gasteiger partial charge in [-0.05, 0) is 67.5 Å². The Labute approximate surface area is 227 Å². The summed E-state index contributed by atoms with van der Waals surface area (Å²) in [4.78, 5) is 18.5. The van der Waals surface area contributed by atoms with Gasteiger partial charge in [0.1, 0.15) is 23.0 Å². The van der Waals surface area contributed by atoms with E-state index in [-0.39, 0.29) is 23.1 Å². The number of aliphatic imine (C=N–C) groups is 1. The number of benzene rings is 1. The summed E-state index contributed by atoms with van der Waals surface area (Å²) in [5.41, 5.74) is 4.33. The van der Waals surface area contributed by atoms with E-state index in [9.17, 15) is 13.6 Å². The van der Waals surface area contributed by atoms with Crippen molar-refractivity contribution in [2.45, 2.75) is 53.6 Å². The van der Waals surface area contributed by atoms with Gasteiger partial charge in [-0.1, -0.05) is 39.0 Å². The third kappa shape index (κ3) is 10.0. The first-order valence-corrected chi connectivity index (χ1v) is 12.5. The SMILES string of the molecule is C#C.CC.CN=C/C(NC)=C(\C)C1=CC(OC)CC(C)C1.Cc1cccc(F)c1-c1nc(C=O)ccc1F. The van der Waals surface area contributed by atoms with Crippen LogP contribution in [-0.4, -0.2) is 44.8 Å². The number of pyridine rings is 1. The largest absolute Gasteiger partial charge is 0.387 e. The van der Waals surface area contributed by atoms with Gasteiger partial charge in [0.2, 0.25) is 0 Å². The summed E-state index contributed by atoms with van der Waals surface area (Å²) < 4.78 is 32.7. The van der Waals surface area contributed by atoms with Crippen molar-refractivity contribution in [3.63, 3.8) is 0 Å². The molecule has 0 bridgehead atoms. The number of ether oxygens (including phenoxy) is 1. The lowest BCUT2D eigenvalue weighted by Gasteiger charge is -2.26. The molecule has 2 unspecified atom stereocenters. The first kappa shape index (κ1) is 34.4. The fraction of sp³-hybridized carbons (Fsp3) is 0.387. The van der Waals surface area contributed by atoms with Crippen molar-refractivity contribution in [1.29, 1.82) is 0 Å². The summed E-state index contributed by atoms with van der Waals surface area (Å²) in [7, 11) is 5.50. The number of carbonyl (C=O) groups excluding carboxylic acids is 1. The third-order valence-electron chi connectivity index (χ3n) is 5.75. The summed E-state index contributed by atoms with van der Waals surface area (Å²) in [5, 5.41) is 3.20. The molecular weight excluding hydrogens is 484 g/mol. The molecule has 0 saturated heterocycles. The summed E-state index contributed by atoms with van der Waals surface area (Å²) in [6.45, 7) is 10.1. The second kappa shape index (κ2) is 18.6. The van der Waals surface area contributed by atoms with E-state index in [1.807, 2.05) is 27.1 Å². The molecule has 2 aromatic rings. The minimum atomic E-state index is -0.649. The number of aldehydes is 1. The number of aromatic nitrogens is 1. The molecule has 0 spiro atoms. The molecule has 0 aliphatic heterocycles. The number of terminal acetylenes is 1. The number of nitrogens with zero attached hydrogens (tertiary/aromatic N) is 2. The van der Waals surface area contributed by atoms with Gasteiger partial charge in [-0.25, -0.2) is 13.8 Å².